The molecule has 0 saturated heterocycles. The molecule has 3 atom stereocenters. The van der Waals surface area contributed by atoms with Crippen molar-refractivity contribution < 1.29 is 8.78 Å². The minimum atomic E-state index is -1.62. The van der Waals surface area contributed by atoms with Crippen molar-refractivity contribution in [3.8, 4) is 0 Å². The van der Waals surface area contributed by atoms with Gasteiger partial charge in [-0.3, -0.25) is 14.9 Å². The highest BCUT2D eigenvalue weighted by molar-refractivity contribution is 6.31. The highest BCUT2D eigenvalue weighted by Crippen LogP contribution is 2.40. The predicted octanol–water partition coefficient (Wildman–Crippen LogP) is 9.66. The Labute approximate surface area is 316 Å². The number of halogens is 3. The molecule has 276 valence electrons. The van der Waals surface area contributed by atoms with Crippen molar-refractivity contribution in [3.05, 3.63) is 123 Å². The summed E-state index contributed by atoms with van der Waals surface area (Å²) in [4.78, 5) is 13.8. The third kappa shape index (κ3) is 6.68. The van der Waals surface area contributed by atoms with Gasteiger partial charge < -0.3 is 14.0 Å². The molecule has 53 heavy (non-hydrogen) atoms. The fourth-order valence-corrected chi connectivity index (χ4v) is 9.09. The Hall–Kier alpha value is -4.11. The molecule has 3 aliphatic rings. The lowest BCUT2D eigenvalue weighted by Crippen LogP contribution is -2.34. The number of hydrogen-bond acceptors (Lipinski definition) is 4. The third-order valence-corrected chi connectivity index (χ3v) is 12.2. The monoisotopic (exact) mass is 734 g/mol. The first kappa shape index (κ1) is 35.9. The molecule has 0 radical (unpaired) electrons. The number of aliphatic imine (C=N–C) groups is 1. The molecule has 0 aliphatic carbocycles. The van der Waals surface area contributed by atoms with Gasteiger partial charge in [0.25, 0.3) is 0 Å². The van der Waals surface area contributed by atoms with Crippen molar-refractivity contribution in [1.29, 1.82) is 0 Å². The van der Waals surface area contributed by atoms with Crippen LogP contribution in [0.25, 0.3) is 21.8 Å². The van der Waals surface area contributed by atoms with Gasteiger partial charge in [0.2, 0.25) is 0 Å². The molecule has 3 aliphatic heterocycles. The number of pyridine rings is 1. The topological polar surface area (TPSA) is 41.6 Å². The van der Waals surface area contributed by atoms with Gasteiger partial charge in [0.05, 0.1) is 18.8 Å². The highest BCUT2D eigenvalue weighted by atomic mass is 35.5. The number of aryl methyl sites for hydroxylation is 1. The van der Waals surface area contributed by atoms with Gasteiger partial charge in [0.1, 0.15) is 5.67 Å². The second kappa shape index (κ2) is 13.6. The van der Waals surface area contributed by atoms with Gasteiger partial charge in [-0.2, -0.15) is 0 Å². The normalized spacial score (nSPS) is 20.4. The molecular formula is C44H49ClF2N6. The quantitative estimate of drug-likeness (QED) is 0.160. The summed E-state index contributed by atoms with van der Waals surface area (Å²) >= 11 is 6.41. The van der Waals surface area contributed by atoms with E-state index >= 15 is 8.78 Å². The highest BCUT2D eigenvalue weighted by Gasteiger charge is 2.36. The molecule has 9 heteroatoms. The molecule has 5 aromatic rings. The molecule has 3 unspecified atom stereocenters. The van der Waals surface area contributed by atoms with Crippen LogP contribution in [-0.2, 0) is 51.2 Å². The number of allylic oxidation sites excluding steroid dienone is 3. The molecule has 0 N–H and O–H groups in total. The Morgan fingerprint density at radius 1 is 0.849 bits per heavy atom. The van der Waals surface area contributed by atoms with Gasteiger partial charge in [-0.05, 0) is 99.5 Å². The van der Waals surface area contributed by atoms with E-state index in [9.17, 15) is 0 Å². The fraction of sp³-hybridized carbons (Fsp3) is 0.409. The van der Waals surface area contributed by atoms with Crippen LogP contribution in [0, 0.1) is 12.8 Å². The minimum Gasteiger partial charge on any atom is -0.341 e. The number of rotatable bonds is 8. The van der Waals surface area contributed by atoms with Crippen LogP contribution in [0.15, 0.2) is 83.1 Å². The summed E-state index contributed by atoms with van der Waals surface area (Å²) in [5.41, 5.74) is 8.32. The largest absolute Gasteiger partial charge is 0.341 e. The van der Waals surface area contributed by atoms with Gasteiger partial charge in [-0.1, -0.05) is 36.2 Å². The zero-order valence-corrected chi connectivity index (χ0v) is 32.4. The van der Waals surface area contributed by atoms with Gasteiger partial charge in [0, 0.05) is 114 Å². The number of aromatic nitrogens is 3. The third-order valence-electron chi connectivity index (χ3n) is 12.0. The fourth-order valence-electron chi connectivity index (χ4n) is 8.92. The van der Waals surface area contributed by atoms with Crippen LogP contribution >= 0.6 is 11.6 Å². The van der Waals surface area contributed by atoms with E-state index in [1.807, 2.05) is 49.5 Å². The van der Waals surface area contributed by atoms with E-state index in [-0.39, 0.29) is 19.0 Å². The molecular weight excluding hydrogens is 686 g/mol. The van der Waals surface area contributed by atoms with Crippen molar-refractivity contribution in [2.45, 2.75) is 91.5 Å². The van der Waals surface area contributed by atoms with Crippen LogP contribution in [-0.4, -0.2) is 55.9 Å². The molecule has 2 aromatic carbocycles. The number of nitrogens with zero attached hydrogens (tertiary/aromatic N) is 6. The van der Waals surface area contributed by atoms with Gasteiger partial charge in [-0.15, -0.1) is 0 Å². The van der Waals surface area contributed by atoms with Crippen LogP contribution in [0.4, 0.5) is 8.78 Å². The van der Waals surface area contributed by atoms with Crippen molar-refractivity contribution in [2.24, 2.45) is 10.9 Å². The lowest BCUT2D eigenvalue weighted by molar-refractivity contribution is 0.160. The Morgan fingerprint density at radius 3 is 2.26 bits per heavy atom. The second-order valence-corrected chi connectivity index (χ2v) is 16.5. The smallest absolute Gasteiger partial charge is 0.152 e. The van der Waals surface area contributed by atoms with Crippen molar-refractivity contribution in [2.75, 3.05) is 20.1 Å². The zero-order valence-electron chi connectivity index (χ0n) is 31.7. The Bertz CT molecular complexity index is 2310. The predicted molar refractivity (Wildman–Crippen MR) is 213 cm³/mol. The lowest BCUT2D eigenvalue weighted by Gasteiger charge is -2.32. The van der Waals surface area contributed by atoms with Gasteiger partial charge in [0.15, 0.2) is 5.67 Å². The van der Waals surface area contributed by atoms with Crippen LogP contribution < -0.4 is 0 Å². The van der Waals surface area contributed by atoms with E-state index in [0.717, 1.165) is 72.3 Å². The van der Waals surface area contributed by atoms with E-state index in [0.29, 0.717) is 17.1 Å². The van der Waals surface area contributed by atoms with Crippen LogP contribution in [0.2, 0.25) is 5.02 Å². The van der Waals surface area contributed by atoms with Crippen molar-refractivity contribution in [3.63, 3.8) is 0 Å². The zero-order chi connectivity index (χ0) is 37.2. The minimum absolute atomic E-state index is 0.0296. The summed E-state index contributed by atoms with van der Waals surface area (Å²) in [6.45, 7) is 14.0. The summed E-state index contributed by atoms with van der Waals surface area (Å²) < 4.78 is 38.0. The average Bonchev–Trinajstić information content (AvgIpc) is 3.49. The van der Waals surface area contributed by atoms with Crippen molar-refractivity contribution in [1.82, 2.24) is 23.9 Å². The van der Waals surface area contributed by atoms with E-state index in [1.54, 1.807) is 26.3 Å². The average molecular weight is 735 g/mol. The molecule has 0 fully saturated rings. The number of hydrogen-bond donors (Lipinski definition) is 0. The van der Waals surface area contributed by atoms with E-state index in [1.165, 1.54) is 33.5 Å². The van der Waals surface area contributed by atoms with Crippen LogP contribution in [0.3, 0.4) is 0 Å². The van der Waals surface area contributed by atoms with Crippen LogP contribution in [0.1, 0.15) is 67.0 Å². The first-order chi connectivity index (χ1) is 25.3. The summed E-state index contributed by atoms with van der Waals surface area (Å²) in [6.07, 6.45) is 8.81. The van der Waals surface area contributed by atoms with Crippen molar-refractivity contribution >= 4 is 39.6 Å². The molecule has 0 spiro atoms. The maximum atomic E-state index is 16.8. The van der Waals surface area contributed by atoms with E-state index in [2.05, 4.69) is 63.0 Å². The summed E-state index contributed by atoms with van der Waals surface area (Å²) in [5.74, 6) is -0.0296. The Balaban J connectivity index is 1.02. The molecule has 0 bridgehead atoms. The molecule has 0 saturated carbocycles. The lowest BCUT2D eigenvalue weighted by atomic mass is 9.83. The summed E-state index contributed by atoms with van der Waals surface area (Å²) in [7, 11) is 2.12. The molecule has 3 aromatic heterocycles. The molecule has 6 nitrogen and oxygen atoms in total. The van der Waals surface area contributed by atoms with E-state index < -0.39 is 11.3 Å². The molecule has 8 rings (SSSR count). The first-order valence-electron chi connectivity index (χ1n) is 18.8. The molecule has 6 heterocycles. The summed E-state index contributed by atoms with van der Waals surface area (Å²) in [5, 5.41) is 2.99. The summed E-state index contributed by atoms with van der Waals surface area (Å²) in [6, 6.07) is 16.3. The number of likely N-dealkylation sites (N-methyl/N-ethyl adjacent to an activating group) is 1. The number of fused-ring (bicyclic) bond motifs is 6. The Kier molecular flexibility index (Phi) is 9.23. The number of benzene rings is 2. The maximum Gasteiger partial charge on any atom is 0.152 e. The SMILES string of the molecule is CC1=CN=CC=C(C(C)(F)Cn2c3c(c4cc(C)ccc42)CN(Cc2ccc(C(C)(F)Cn4c5c(c6cc(Cl)ccc64)CN(C)CC5)cn2)CC3)C1C. The second-order valence-electron chi connectivity index (χ2n) is 16.1. The van der Waals surface area contributed by atoms with Gasteiger partial charge in [-0.25, -0.2) is 8.78 Å². The van der Waals surface area contributed by atoms with E-state index in [4.69, 9.17) is 16.6 Å². The standard InChI is InChI=1S/C44H49ClF2N6/c1-28-7-11-39-34(19-28)37-25-51(18-15-42(37)53(39)27-44(5,47)38-13-16-48-21-29(2)30(38)3)23-33-10-8-31(22-49-33)43(4,46)26-52-40-12-9-32(45)20-35(40)36-24-50(6)17-14-41(36)52/h7-13,16,19-22,30H,14-15,17-18,23-27H2,1-6H3. The van der Waals surface area contributed by atoms with Crippen LogP contribution in [0.5, 0.6) is 0 Å². The maximum absolute atomic E-state index is 16.8. The Morgan fingerprint density at radius 2 is 1.53 bits per heavy atom. The first-order valence-corrected chi connectivity index (χ1v) is 19.2. The number of alkyl halides is 2. The van der Waals surface area contributed by atoms with Gasteiger partial charge >= 0.3 is 0 Å². The molecule has 0 amide bonds.